The smallest absolute Gasteiger partial charge is 0.132 e. The van der Waals surface area contributed by atoms with Crippen molar-refractivity contribution in [2.75, 3.05) is 0 Å². The van der Waals surface area contributed by atoms with E-state index in [9.17, 15) is 8.78 Å². The summed E-state index contributed by atoms with van der Waals surface area (Å²) in [5, 5.41) is 0. The van der Waals surface area contributed by atoms with Crippen LogP contribution in [-0.4, -0.2) is 0 Å². The van der Waals surface area contributed by atoms with Crippen LogP contribution in [0.5, 0.6) is 0 Å². The molecule has 0 aliphatic heterocycles. The molecule has 0 spiro atoms. The summed E-state index contributed by atoms with van der Waals surface area (Å²) in [5.74, 6) is -0.677. The van der Waals surface area contributed by atoms with Crippen LogP contribution in [0.4, 0.5) is 8.78 Å². The minimum absolute atomic E-state index is 0.0797. The van der Waals surface area contributed by atoms with Gasteiger partial charge in [0.1, 0.15) is 11.6 Å². The average Bonchev–Trinajstić information content (AvgIpc) is 2.35. The molecule has 1 atom stereocenters. The Kier molecular flexibility index (Phi) is 4.09. The standard InChI is InChI=1S/C17H16BrF2N/c18-13-8-14(19)16(15(20)9-13)17(21)12-6-2-5-11(7-12)10-3-1-4-10/h2,5-10,17H,1,3-4,21H2. The van der Waals surface area contributed by atoms with Gasteiger partial charge < -0.3 is 5.73 Å². The van der Waals surface area contributed by atoms with E-state index in [0.29, 0.717) is 10.4 Å². The molecule has 0 aromatic heterocycles. The highest BCUT2D eigenvalue weighted by Crippen LogP contribution is 2.37. The molecule has 0 bridgehead atoms. The molecule has 3 rings (SSSR count). The molecular weight excluding hydrogens is 336 g/mol. The van der Waals surface area contributed by atoms with Crippen LogP contribution in [0.2, 0.25) is 0 Å². The summed E-state index contributed by atoms with van der Waals surface area (Å²) >= 11 is 3.08. The predicted molar refractivity (Wildman–Crippen MR) is 83.1 cm³/mol. The van der Waals surface area contributed by atoms with Crippen LogP contribution in [0.25, 0.3) is 0 Å². The molecular formula is C17H16BrF2N. The zero-order valence-corrected chi connectivity index (χ0v) is 13.0. The SMILES string of the molecule is NC(c1cccc(C2CCC2)c1)c1c(F)cc(Br)cc1F. The molecule has 1 aliphatic rings. The van der Waals surface area contributed by atoms with E-state index in [1.807, 2.05) is 18.2 Å². The molecule has 1 fully saturated rings. The largest absolute Gasteiger partial charge is 0.320 e. The van der Waals surface area contributed by atoms with Gasteiger partial charge in [0.15, 0.2) is 0 Å². The number of halogens is 3. The van der Waals surface area contributed by atoms with Crippen molar-refractivity contribution in [2.24, 2.45) is 5.73 Å². The minimum Gasteiger partial charge on any atom is -0.320 e. The maximum Gasteiger partial charge on any atom is 0.132 e. The van der Waals surface area contributed by atoms with Crippen LogP contribution in [0.3, 0.4) is 0 Å². The second kappa shape index (κ2) is 5.85. The third-order valence-corrected chi connectivity index (χ3v) is 4.66. The summed E-state index contributed by atoms with van der Waals surface area (Å²) in [4.78, 5) is 0. The molecule has 1 unspecified atom stereocenters. The van der Waals surface area contributed by atoms with Crippen molar-refractivity contribution in [1.82, 2.24) is 0 Å². The van der Waals surface area contributed by atoms with Crippen LogP contribution in [0.15, 0.2) is 40.9 Å². The lowest BCUT2D eigenvalue weighted by molar-refractivity contribution is 0.419. The van der Waals surface area contributed by atoms with E-state index in [1.165, 1.54) is 37.0 Å². The fourth-order valence-electron chi connectivity index (χ4n) is 2.77. The zero-order valence-electron chi connectivity index (χ0n) is 11.5. The fourth-order valence-corrected chi connectivity index (χ4v) is 3.17. The first-order chi connectivity index (χ1) is 10.1. The predicted octanol–water partition coefficient (Wildman–Crippen LogP) is 5.04. The molecule has 21 heavy (non-hydrogen) atoms. The maximum absolute atomic E-state index is 14.0. The van der Waals surface area contributed by atoms with E-state index in [1.54, 1.807) is 0 Å². The van der Waals surface area contributed by atoms with Gasteiger partial charge in [0.05, 0.1) is 6.04 Å². The molecule has 2 aromatic rings. The molecule has 0 amide bonds. The highest BCUT2D eigenvalue weighted by molar-refractivity contribution is 9.10. The lowest BCUT2D eigenvalue weighted by atomic mass is 9.79. The highest BCUT2D eigenvalue weighted by atomic mass is 79.9. The molecule has 1 nitrogen and oxygen atoms in total. The molecule has 0 radical (unpaired) electrons. The first kappa shape index (κ1) is 14.7. The van der Waals surface area contributed by atoms with Crippen molar-refractivity contribution in [1.29, 1.82) is 0 Å². The zero-order chi connectivity index (χ0) is 15.0. The van der Waals surface area contributed by atoms with Gasteiger partial charge in [0.2, 0.25) is 0 Å². The monoisotopic (exact) mass is 351 g/mol. The Bertz CT molecular complexity index is 645. The number of hydrogen-bond donors (Lipinski definition) is 1. The first-order valence-corrected chi connectivity index (χ1v) is 7.85. The van der Waals surface area contributed by atoms with Crippen molar-refractivity contribution in [3.8, 4) is 0 Å². The van der Waals surface area contributed by atoms with Gasteiger partial charge in [-0.25, -0.2) is 8.78 Å². The average molecular weight is 352 g/mol. The first-order valence-electron chi connectivity index (χ1n) is 7.06. The second-order valence-electron chi connectivity index (χ2n) is 5.56. The number of hydrogen-bond acceptors (Lipinski definition) is 1. The topological polar surface area (TPSA) is 26.0 Å². The van der Waals surface area contributed by atoms with Crippen molar-refractivity contribution in [2.45, 2.75) is 31.2 Å². The molecule has 110 valence electrons. The summed E-state index contributed by atoms with van der Waals surface area (Å²) in [6.45, 7) is 0. The number of nitrogens with two attached hydrogens (primary N) is 1. The second-order valence-corrected chi connectivity index (χ2v) is 6.47. The Labute approximate surface area is 131 Å². The Hall–Kier alpha value is -1.26. The lowest BCUT2D eigenvalue weighted by Gasteiger charge is -2.26. The molecule has 0 heterocycles. The fraction of sp³-hybridized carbons (Fsp3) is 0.294. The highest BCUT2D eigenvalue weighted by Gasteiger charge is 2.23. The normalized spacial score (nSPS) is 16.6. The van der Waals surface area contributed by atoms with Crippen molar-refractivity contribution < 1.29 is 8.78 Å². The van der Waals surface area contributed by atoms with Gasteiger partial charge in [-0.3, -0.25) is 0 Å². The van der Waals surface area contributed by atoms with Gasteiger partial charge in [0.25, 0.3) is 0 Å². The summed E-state index contributed by atoms with van der Waals surface area (Å²) in [6, 6.07) is 9.48. The van der Waals surface area contributed by atoms with Crippen LogP contribution < -0.4 is 5.73 Å². The summed E-state index contributed by atoms with van der Waals surface area (Å²) in [6.07, 6.45) is 3.61. The van der Waals surface area contributed by atoms with E-state index in [0.717, 1.165) is 5.56 Å². The van der Waals surface area contributed by atoms with Gasteiger partial charge in [-0.1, -0.05) is 46.6 Å². The Morgan fingerprint density at radius 3 is 2.33 bits per heavy atom. The van der Waals surface area contributed by atoms with Crippen molar-refractivity contribution >= 4 is 15.9 Å². The molecule has 0 saturated heterocycles. The van der Waals surface area contributed by atoms with Crippen molar-refractivity contribution in [3.05, 3.63) is 69.2 Å². The van der Waals surface area contributed by atoms with Crippen molar-refractivity contribution in [3.63, 3.8) is 0 Å². The molecule has 1 saturated carbocycles. The van der Waals surface area contributed by atoms with Gasteiger partial charge in [0, 0.05) is 10.0 Å². The summed E-state index contributed by atoms with van der Waals surface area (Å²) in [5.41, 5.74) is 7.99. The van der Waals surface area contributed by atoms with E-state index in [2.05, 4.69) is 22.0 Å². The molecule has 1 aliphatic carbocycles. The third-order valence-electron chi connectivity index (χ3n) is 4.20. The molecule has 2 N–H and O–H groups in total. The Morgan fingerprint density at radius 2 is 1.76 bits per heavy atom. The van der Waals surface area contributed by atoms with E-state index in [4.69, 9.17) is 5.73 Å². The van der Waals surface area contributed by atoms with E-state index in [-0.39, 0.29) is 5.56 Å². The molecule has 4 heteroatoms. The summed E-state index contributed by atoms with van der Waals surface area (Å²) < 4.78 is 28.4. The molecule has 2 aromatic carbocycles. The van der Waals surface area contributed by atoms with Crippen LogP contribution in [0.1, 0.15) is 47.9 Å². The Balaban J connectivity index is 1.96. The van der Waals surface area contributed by atoms with Crippen LogP contribution in [0, 0.1) is 11.6 Å². The van der Waals surface area contributed by atoms with Gasteiger partial charge >= 0.3 is 0 Å². The van der Waals surface area contributed by atoms with E-state index >= 15 is 0 Å². The lowest BCUT2D eigenvalue weighted by Crippen LogP contribution is -2.17. The quantitative estimate of drug-likeness (QED) is 0.823. The summed E-state index contributed by atoms with van der Waals surface area (Å²) in [7, 11) is 0. The van der Waals surface area contributed by atoms with Gasteiger partial charge in [-0.2, -0.15) is 0 Å². The van der Waals surface area contributed by atoms with Gasteiger partial charge in [-0.15, -0.1) is 0 Å². The van der Waals surface area contributed by atoms with Crippen LogP contribution >= 0.6 is 15.9 Å². The van der Waals surface area contributed by atoms with E-state index < -0.39 is 17.7 Å². The third kappa shape index (κ3) is 2.87. The van der Waals surface area contributed by atoms with Gasteiger partial charge in [-0.05, 0) is 42.0 Å². The maximum atomic E-state index is 14.0. The minimum atomic E-state index is -0.793. The number of rotatable bonds is 3. The Morgan fingerprint density at radius 1 is 1.10 bits per heavy atom. The number of benzene rings is 2. The van der Waals surface area contributed by atoms with Crippen LogP contribution in [-0.2, 0) is 0 Å².